The zero-order chi connectivity index (χ0) is 17.3. The lowest BCUT2D eigenvalue weighted by Gasteiger charge is -2.28. The van der Waals surface area contributed by atoms with Crippen molar-refractivity contribution in [1.29, 1.82) is 0 Å². The third-order valence-electron chi connectivity index (χ3n) is 4.44. The number of aryl methyl sites for hydroxylation is 1. The van der Waals surface area contributed by atoms with Crippen LogP contribution in [-0.2, 0) is 9.47 Å². The summed E-state index contributed by atoms with van der Waals surface area (Å²) in [5.41, 5.74) is 0.443. The van der Waals surface area contributed by atoms with Crippen LogP contribution in [0.3, 0.4) is 0 Å². The number of aromatic amines is 1. The van der Waals surface area contributed by atoms with Crippen molar-refractivity contribution in [2.45, 2.75) is 26.8 Å². The molecule has 1 saturated heterocycles. The lowest BCUT2D eigenvalue weighted by Crippen LogP contribution is -3.14. The number of hydrogen-bond acceptors (Lipinski definition) is 6. The van der Waals surface area contributed by atoms with E-state index in [2.05, 4.69) is 16.9 Å². The minimum absolute atomic E-state index is 0.0689. The van der Waals surface area contributed by atoms with Gasteiger partial charge in [-0.2, -0.15) is 0 Å². The molecule has 1 aliphatic heterocycles. The Bertz CT molecular complexity index is 807. The predicted molar refractivity (Wildman–Crippen MR) is 90.9 cm³/mol. The molecule has 2 N–H and O–H groups in total. The molecule has 1 aliphatic rings. The third-order valence-corrected chi connectivity index (χ3v) is 5.60. The molecule has 7 nitrogen and oxygen atoms in total. The van der Waals surface area contributed by atoms with E-state index in [1.165, 1.54) is 16.2 Å². The minimum atomic E-state index is -0.397. The lowest BCUT2D eigenvalue weighted by atomic mass is 10.2. The number of ether oxygens (including phenoxy) is 2. The molecule has 0 unspecified atom stereocenters. The second-order valence-electron chi connectivity index (χ2n) is 5.90. The first-order chi connectivity index (χ1) is 11.5. The Morgan fingerprint density at radius 1 is 1.46 bits per heavy atom. The van der Waals surface area contributed by atoms with E-state index in [9.17, 15) is 9.59 Å². The van der Waals surface area contributed by atoms with Gasteiger partial charge in [0.05, 0.1) is 25.2 Å². The van der Waals surface area contributed by atoms with Crippen molar-refractivity contribution < 1.29 is 19.2 Å². The summed E-state index contributed by atoms with van der Waals surface area (Å²) in [6, 6.07) is 0.0689. The van der Waals surface area contributed by atoms with Crippen LogP contribution in [0, 0.1) is 6.92 Å². The summed E-state index contributed by atoms with van der Waals surface area (Å²) in [6.07, 6.45) is 0. The molecule has 0 aromatic carbocycles. The Morgan fingerprint density at radius 3 is 2.83 bits per heavy atom. The second-order valence-corrected chi connectivity index (χ2v) is 6.90. The van der Waals surface area contributed by atoms with Gasteiger partial charge < -0.3 is 19.4 Å². The van der Waals surface area contributed by atoms with Crippen LogP contribution in [0.2, 0.25) is 0 Å². The number of carbonyl (C=O) groups excluding carboxylic acids is 1. The molecule has 0 saturated carbocycles. The largest absolute Gasteiger partial charge is 0.462 e. The van der Waals surface area contributed by atoms with Crippen molar-refractivity contribution >= 4 is 27.5 Å². The van der Waals surface area contributed by atoms with E-state index in [4.69, 9.17) is 9.47 Å². The molecular formula is C16H22N3O4S+. The van der Waals surface area contributed by atoms with E-state index in [1.807, 2.05) is 0 Å². The summed E-state index contributed by atoms with van der Waals surface area (Å²) in [7, 11) is 0. The summed E-state index contributed by atoms with van der Waals surface area (Å²) in [5.74, 6) is 0.256. The quantitative estimate of drug-likeness (QED) is 0.780. The number of quaternary nitrogens is 1. The Morgan fingerprint density at radius 2 is 2.17 bits per heavy atom. The molecule has 0 amide bonds. The van der Waals surface area contributed by atoms with Crippen LogP contribution in [0.15, 0.2) is 4.79 Å². The summed E-state index contributed by atoms with van der Waals surface area (Å²) in [5, 5.41) is 0.482. The van der Waals surface area contributed by atoms with Crippen LogP contribution < -0.4 is 10.5 Å². The van der Waals surface area contributed by atoms with Gasteiger partial charge in [-0.3, -0.25) is 4.79 Å². The second kappa shape index (κ2) is 7.00. The summed E-state index contributed by atoms with van der Waals surface area (Å²) in [6.45, 7) is 9.10. The number of thiophene rings is 1. The van der Waals surface area contributed by atoms with Gasteiger partial charge in [0.15, 0.2) is 5.82 Å². The molecule has 0 spiro atoms. The maximum Gasteiger partial charge on any atom is 0.348 e. The number of nitrogens with zero attached hydrogens (tertiary/aromatic N) is 1. The summed E-state index contributed by atoms with van der Waals surface area (Å²) < 4.78 is 10.5. The Labute approximate surface area is 143 Å². The van der Waals surface area contributed by atoms with Gasteiger partial charge in [0, 0.05) is 0 Å². The first-order valence-electron chi connectivity index (χ1n) is 8.15. The average molecular weight is 352 g/mol. The maximum atomic E-state index is 12.5. The highest BCUT2D eigenvalue weighted by Gasteiger charge is 2.26. The number of rotatable bonds is 4. The highest BCUT2D eigenvalue weighted by molar-refractivity contribution is 7.20. The van der Waals surface area contributed by atoms with Crippen molar-refractivity contribution in [3.63, 3.8) is 0 Å². The van der Waals surface area contributed by atoms with Gasteiger partial charge in [-0.25, -0.2) is 9.78 Å². The van der Waals surface area contributed by atoms with Gasteiger partial charge in [-0.05, 0) is 26.3 Å². The van der Waals surface area contributed by atoms with Crippen molar-refractivity contribution in [2.75, 3.05) is 32.9 Å². The molecule has 2 aromatic rings. The first kappa shape index (κ1) is 17.1. The van der Waals surface area contributed by atoms with Crippen LogP contribution in [0.5, 0.6) is 0 Å². The number of fused-ring (bicyclic) bond motifs is 1. The SMILES string of the molecule is CCOC(=O)c1sc2nc([C@H](C)[NH+]3CCOCC3)[nH]c(=O)c2c1C. The van der Waals surface area contributed by atoms with Gasteiger partial charge in [-0.15, -0.1) is 11.3 Å². The van der Waals surface area contributed by atoms with Gasteiger partial charge in [0.2, 0.25) is 0 Å². The summed E-state index contributed by atoms with van der Waals surface area (Å²) >= 11 is 1.22. The predicted octanol–water partition coefficient (Wildman–Crippen LogP) is 0.446. The van der Waals surface area contributed by atoms with Crippen molar-refractivity contribution in [2.24, 2.45) is 0 Å². The number of morpholine rings is 1. The minimum Gasteiger partial charge on any atom is -0.462 e. The molecular weight excluding hydrogens is 330 g/mol. The Kier molecular flexibility index (Phi) is 4.98. The Hall–Kier alpha value is -1.77. The molecule has 0 aliphatic carbocycles. The van der Waals surface area contributed by atoms with E-state index >= 15 is 0 Å². The van der Waals surface area contributed by atoms with Crippen LogP contribution in [0.1, 0.15) is 40.9 Å². The van der Waals surface area contributed by atoms with Gasteiger partial charge in [-0.1, -0.05) is 0 Å². The number of aromatic nitrogens is 2. The smallest absolute Gasteiger partial charge is 0.348 e. The highest BCUT2D eigenvalue weighted by atomic mass is 32.1. The zero-order valence-corrected chi connectivity index (χ0v) is 14.9. The highest BCUT2D eigenvalue weighted by Crippen LogP contribution is 2.28. The molecule has 3 rings (SSSR count). The first-order valence-corrected chi connectivity index (χ1v) is 8.97. The number of nitrogens with one attached hydrogen (secondary N) is 2. The van der Waals surface area contributed by atoms with Crippen molar-refractivity contribution in [1.82, 2.24) is 9.97 Å². The monoisotopic (exact) mass is 352 g/mol. The molecule has 24 heavy (non-hydrogen) atoms. The fourth-order valence-electron chi connectivity index (χ4n) is 3.02. The zero-order valence-electron chi connectivity index (χ0n) is 14.1. The van der Waals surface area contributed by atoms with E-state index in [1.54, 1.807) is 13.8 Å². The van der Waals surface area contributed by atoms with Gasteiger partial charge >= 0.3 is 5.97 Å². The molecule has 0 bridgehead atoms. The third kappa shape index (κ3) is 3.09. The number of hydrogen-bond donors (Lipinski definition) is 2. The number of H-pyrrole nitrogens is 1. The van der Waals surface area contributed by atoms with E-state index in [-0.39, 0.29) is 11.6 Å². The van der Waals surface area contributed by atoms with Crippen molar-refractivity contribution in [3.8, 4) is 0 Å². The molecule has 1 fully saturated rings. The van der Waals surface area contributed by atoms with Crippen molar-refractivity contribution in [3.05, 3.63) is 26.6 Å². The Balaban J connectivity index is 2.00. The average Bonchev–Trinajstić information content (AvgIpc) is 2.92. The number of esters is 1. The van der Waals surface area contributed by atoms with E-state index in [0.29, 0.717) is 33.1 Å². The lowest BCUT2D eigenvalue weighted by molar-refractivity contribution is -0.937. The van der Waals surface area contributed by atoms with E-state index < -0.39 is 5.97 Å². The fourth-order valence-corrected chi connectivity index (χ4v) is 4.10. The molecule has 8 heteroatoms. The molecule has 0 radical (unpaired) electrons. The van der Waals surface area contributed by atoms with Gasteiger partial charge in [0.1, 0.15) is 28.8 Å². The van der Waals surface area contributed by atoms with Crippen LogP contribution in [-0.4, -0.2) is 48.8 Å². The normalized spacial score (nSPS) is 17.1. The van der Waals surface area contributed by atoms with Crippen LogP contribution >= 0.6 is 11.3 Å². The van der Waals surface area contributed by atoms with E-state index in [0.717, 1.165) is 26.3 Å². The van der Waals surface area contributed by atoms with Gasteiger partial charge in [0.25, 0.3) is 5.56 Å². The molecule has 130 valence electrons. The van der Waals surface area contributed by atoms with Crippen LogP contribution in [0.4, 0.5) is 0 Å². The maximum absolute atomic E-state index is 12.5. The summed E-state index contributed by atoms with van der Waals surface area (Å²) in [4.78, 5) is 34.5. The molecule has 1 atom stereocenters. The molecule has 3 heterocycles. The number of carbonyl (C=O) groups is 1. The molecule has 2 aromatic heterocycles. The topological polar surface area (TPSA) is 85.7 Å². The van der Waals surface area contributed by atoms with Crippen LogP contribution in [0.25, 0.3) is 10.2 Å². The standard InChI is InChI=1S/C16H21N3O4S/c1-4-23-16(21)12-9(2)11-14(20)17-13(18-15(11)24-12)10(3)19-5-7-22-8-6-19/h10H,4-8H2,1-3H3,(H,17,18,20)/p+1/t10-/m0/s1. The fraction of sp³-hybridized carbons (Fsp3) is 0.562.